The molecular weight excluding hydrogens is 413 g/mol. The monoisotopic (exact) mass is 437 g/mol. The van der Waals surface area contributed by atoms with E-state index in [0.717, 1.165) is 17.7 Å². The molecule has 0 aliphatic carbocycles. The smallest absolute Gasteiger partial charge is 0.321 e. The zero-order valence-corrected chi connectivity index (χ0v) is 17.6. The number of aromatic nitrogens is 2. The van der Waals surface area contributed by atoms with Gasteiger partial charge in [0, 0.05) is 42.5 Å². The van der Waals surface area contributed by atoms with Gasteiger partial charge in [-0.1, -0.05) is 18.2 Å². The zero-order chi connectivity index (χ0) is 22.5. The number of rotatable bonds is 6. The summed E-state index contributed by atoms with van der Waals surface area (Å²) >= 11 is 0. The van der Waals surface area contributed by atoms with Crippen LogP contribution in [0.5, 0.6) is 5.75 Å². The molecule has 8 nitrogen and oxygen atoms in total. The summed E-state index contributed by atoms with van der Waals surface area (Å²) in [7, 11) is 1.59. The number of hydrogen-bond acceptors (Lipinski definition) is 4. The van der Waals surface area contributed by atoms with Crippen molar-refractivity contribution in [3.05, 3.63) is 77.4 Å². The second-order valence-corrected chi connectivity index (χ2v) is 7.57. The van der Waals surface area contributed by atoms with Crippen LogP contribution in [-0.2, 0) is 6.54 Å². The molecule has 1 unspecified atom stereocenters. The summed E-state index contributed by atoms with van der Waals surface area (Å²) in [4.78, 5) is 26.7. The number of hydrogen-bond donors (Lipinski definition) is 3. The van der Waals surface area contributed by atoms with Gasteiger partial charge in [0.15, 0.2) is 0 Å². The molecule has 3 N–H and O–H groups in total. The number of halogens is 1. The molecule has 1 aromatic heterocycles. The molecule has 0 spiro atoms. The summed E-state index contributed by atoms with van der Waals surface area (Å²) in [6.45, 7) is 1.40. The van der Waals surface area contributed by atoms with E-state index in [0.29, 0.717) is 36.8 Å². The zero-order valence-electron chi connectivity index (χ0n) is 17.6. The molecule has 1 aliphatic rings. The van der Waals surface area contributed by atoms with E-state index in [1.54, 1.807) is 18.1 Å². The maximum absolute atomic E-state index is 13.0. The van der Waals surface area contributed by atoms with E-state index in [1.165, 1.54) is 24.3 Å². The van der Waals surface area contributed by atoms with Gasteiger partial charge in [-0.2, -0.15) is 5.10 Å². The molecule has 0 saturated carbocycles. The van der Waals surface area contributed by atoms with E-state index in [4.69, 9.17) is 4.74 Å². The van der Waals surface area contributed by atoms with Crippen LogP contribution in [0, 0.1) is 5.82 Å². The van der Waals surface area contributed by atoms with Gasteiger partial charge in [0.2, 0.25) is 0 Å². The number of nitrogens with zero attached hydrogens (tertiary/aromatic N) is 2. The van der Waals surface area contributed by atoms with Crippen LogP contribution in [0.3, 0.4) is 0 Å². The van der Waals surface area contributed by atoms with Crippen molar-refractivity contribution in [2.24, 2.45) is 0 Å². The standard InChI is InChI=1S/C23H24FN5O3/c1-32-21-5-3-2-4-15(21)13-25-22(30)20-12-19(27-28-20)16-10-11-29(14-16)23(31)26-18-8-6-17(24)7-9-18/h2-9,12,16H,10-11,13-14H2,1H3,(H,25,30)(H,26,31)(H,27,28). The third-order valence-electron chi connectivity index (χ3n) is 5.47. The number of ether oxygens (including phenoxy) is 1. The van der Waals surface area contributed by atoms with Crippen LogP contribution >= 0.6 is 0 Å². The highest BCUT2D eigenvalue weighted by molar-refractivity contribution is 5.92. The number of likely N-dealkylation sites (tertiary alicyclic amines) is 1. The highest BCUT2D eigenvalue weighted by atomic mass is 19.1. The molecule has 1 atom stereocenters. The van der Waals surface area contributed by atoms with E-state index >= 15 is 0 Å². The molecule has 166 valence electrons. The topological polar surface area (TPSA) is 99.4 Å². The molecule has 1 fully saturated rings. The third kappa shape index (κ3) is 4.88. The molecule has 3 aromatic rings. The number of anilines is 1. The number of para-hydroxylation sites is 1. The summed E-state index contributed by atoms with van der Waals surface area (Å²) in [6.07, 6.45) is 0.751. The maximum atomic E-state index is 13.0. The van der Waals surface area contributed by atoms with E-state index in [1.807, 2.05) is 24.3 Å². The average molecular weight is 437 g/mol. The lowest BCUT2D eigenvalue weighted by atomic mass is 10.1. The second-order valence-electron chi connectivity index (χ2n) is 7.57. The number of nitrogens with one attached hydrogen (secondary N) is 3. The number of methoxy groups -OCH3 is 1. The number of H-pyrrole nitrogens is 1. The number of carbonyl (C=O) groups is 2. The quantitative estimate of drug-likeness (QED) is 0.550. The minimum Gasteiger partial charge on any atom is -0.496 e. The fourth-order valence-corrected chi connectivity index (χ4v) is 3.71. The van der Waals surface area contributed by atoms with Crippen molar-refractivity contribution in [1.29, 1.82) is 0 Å². The molecule has 3 amide bonds. The molecule has 1 aliphatic heterocycles. The number of urea groups is 1. The minimum absolute atomic E-state index is 0.0530. The lowest BCUT2D eigenvalue weighted by molar-refractivity contribution is 0.0945. The molecule has 0 bridgehead atoms. The van der Waals surface area contributed by atoms with Crippen molar-refractivity contribution < 1.29 is 18.7 Å². The van der Waals surface area contributed by atoms with Crippen molar-refractivity contribution >= 4 is 17.6 Å². The first-order valence-electron chi connectivity index (χ1n) is 10.3. The van der Waals surface area contributed by atoms with Gasteiger partial charge in [-0.3, -0.25) is 9.89 Å². The Hall–Kier alpha value is -3.88. The minimum atomic E-state index is -0.355. The Morgan fingerprint density at radius 1 is 1.22 bits per heavy atom. The summed E-state index contributed by atoms with van der Waals surface area (Å²) in [5, 5.41) is 12.7. The Balaban J connectivity index is 1.32. The van der Waals surface area contributed by atoms with E-state index in [2.05, 4.69) is 20.8 Å². The predicted molar refractivity (Wildman–Crippen MR) is 117 cm³/mol. The molecular formula is C23H24FN5O3. The number of aromatic amines is 1. The van der Waals surface area contributed by atoms with Crippen molar-refractivity contribution in [3.63, 3.8) is 0 Å². The van der Waals surface area contributed by atoms with E-state index in [-0.39, 0.29) is 23.7 Å². The van der Waals surface area contributed by atoms with Gasteiger partial charge >= 0.3 is 6.03 Å². The Labute approximate surface area is 184 Å². The van der Waals surface area contributed by atoms with Crippen LogP contribution in [-0.4, -0.2) is 47.2 Å². The first-order valence-corrected chi connectivity index (χ1v) is 10.3. The molecule has 2 aromatic carbocycles. The van der Waals surface area contributed by atoms with Crippen molar-refractivity contribution in [2.45, 2.75) is 18.9 Å². The largest absolute Gasteiger partial charge is 0.496 e. The van der Waals surface area contributed by atoms with Crippen molar-refractivity contribution in [1.82, 2.24) is 20.4 Å². The molecule has 1 saturated heterocycles. The van der Waals surface area contributed by atoms with Gasteiger partial charge in [0.1, 0.15) is 17.3 Å². The van der Waals surface area contributed by atoms with Gasteiger partial charge in [-0.25, -0.2) is 9.18 Å². The summed E-state index contributed by atoms with van der Waals surface area (Å²) < 4.78 is 18.3. The summed E-state index contributed by atoms with van der Waals surface area (Å²) in [5.74, 6) is 0.117. The Morgan fingerprint density at radius 3 is 2.78 bits per heavy atom. The molecule has 0 radical (unpaired) electrons. The summed E-state index contributed by atoms with van der Waals surface area (Å²) in [6, 6.07) is 14.6. The molecule has 2 heterocycles. The lowest BCUT2D eigenvalue weighted by Crippen LogP contribution is -2.32. The lowest BCUT2D eigenvalue weighted by Gasteiger charge is -2.17. The van der Waals surface area contributed by atoms with Crippen LogP contribution in [0.1, 0.15) is 34.1 Å². The van der Waals surface area contributed by atoms with Crippen LogP contribution in [0.15, 0.2) is 54.6 Å². The highest BCUT2D eigenvalue weighted by Crippen LogP contribution is 2.27. The van der Waals surface area contributed by atoms with Crippen LogP contribution in [0.4, 0.5) is 14.9 Å². The number of amides is 3. The van der Waals surface area contributed by atoms with Crippen LogP contribution in [0.2, 0.25) is 0 Å². The SMILES string of the molecule is COc1ccccc1CNC(=O)c1cc(C2CCN(C(=O)Nc3ccc(F)cc3)C2)[nH]n1. The third-order valence-corrected chi connectivity index (χ3v) is 5.47. The number of carbonyl (C=O) groups excluding carboxylic acids is 2. The molecule has 4 rings (SSSR count). The fourth-order valence-electron chi connectivity index (χ4n) is 3.71. The van der Waals surface area contributed by atoms with Crippen molar-refractivity contribution in [3.8, 4) is 5.75 Å². The second kappa shape index (κ2) is 9.51. The van der Waals surface area contributed by atoms with Crippen LogP contribution < -0.4 is 15.4 Å². The Bertz CT molecular complexity index is 1100. The van der Waals surface area contributed by atoms with E-state index in [9.17, 15) is 14.0 Å². The van der Waals surface area contributed by atoms with Gasteiger partial charge in [-0.05, 0) is 42.8 Å². The summed E-state index contributed by atoms with van der Waals surface area (Å²) in [5.41, 5.74) is 2.52. The van der Waals surface area contributed by atoms with Gasteiger partial charge in [-0.15, -0.1) is 0 Å². The Kier molecular flexibility index (Phi) is 6.34. The van der Waals surface area contributed by atoms with Gasteiger partial charge in [0.05, 0.1) is 7.11 Å². The predicted octanol–water partition coefficient (Wildman–Crippen LogP) is 3.51. The Morgan fingerprint density at radius 2 is 2.00 bits per heavy atom. The van der Waals surface area contributed by atoms with Crippen LogP contribution in [0.25, 0.3) is 0 Å². The molecule has 32 heavy (non-hydrogen) atoms. The first kappa shape index (κ1) is 21.4. The maximum Gasteiger partial charge on any atom is 0.321 e. The van der Waals surface area contributed by atoms with Gasteiger partial charge in [0.25, 0.3) is 5.91 Å². The fraction of sp³-hybridized carbons (Fsp3) is 0.261. The normalized spacial score (nSPS) is 15.4. The molecule has 9 heteroatoms. The highest BCUT2D eigenvalue weighted by Gasteiger charge is 2.29. The average Bonchev–Trinajstić information content (AvgIpc) is 3.49. The van der Waals surface area contributed by atoms with E-state index < -0.39 is 0 Å². The van der Waals surface area contributed by atoms with Crippen molar-refractivity contribution in [2.75, 3.05) is 25.5 Å². The number of benzene rings is 2. The van der Waals surface area contributed by atoms with Gasteiger partial charge < -0.3 is 20.3 Å². The first-order chi connectivity index (χ1) is 15.5.